The van der Waals surface area contributed by atoms with Gasteiger partial charge in [-0.15, -0.1) is 0 Å². The number of hydrogen-bond acceptors (Lipinski definition) is 4. The van der Waals surface area contributed by atoms with Crippen LogP contribution in [0.5, 0.6) is 0 Å². The van der Waals surface area contributed by atoms with Gasteiger partial charge in [0.2, 0.25) is 0 Å². The highest BCUT2D eigenvalue weighted by molar-refractivity contribution is 5.44. The Morgan fingerprint density at radius 1 is 1.24 bits per heavy atom. The van der Waals surface area contributed by atoms with Gasteiger partial charge in [0.15, 0.2) is 0 Å². The van der Waals surface area contributed by atoms with E-state index in [-0.39, 0.29) is 5.41 Å². The van der Waals surface area contributed by atoms with E-state index in [9.17, 15) is 0 Å². The van der Waals surface area contributed by atoms with E-state index in [1.807, 2.05) is 0 Å². The van der Waals surface area contributed by atoms with Crippen molar-refractivity contribution in [2.75, 3.05) is 18.0 Å². The fourth-order valence-corrected chi connectivity index (χ4v) is 1.94. The lowest BCUT2D eigenvalue weighted by molar-refractivity contribution is 0.543. The number of aromatic nitrogens is 2. The third kappa shape index (κ3) is 2.55. The van der Waals surface area contributed by atoms with Crippen LogP contribution in [0.4, 0.5) is 5.82 Å². The van der Waals surface area contributed by atoms with Crippen LogP contribution in [0, 0.1) is 11.3 Å². The standard InChI is InChI=1S/C13H18N4/c1-13(2,3)12-15-10(9-14)8-11(16-12)17-6-4-5-7-17/h8H,4-7H2,1-3H3. The van der Waals surface area contributed by atoms with Gasteiger partial charge in [-0.05, 0) is 12.8 Å². The van der Waals surface area contributed by atoms with E-state index in [4.69, 9.17) is 5.26 Å². The lowest BCUT2D eigenvalue weighted by atomic mass is 9.95. The van der Waals surface area contributed by atoms with Crippen molar-refractivity contribution in [1.29, 1.82) is 5.26 Å². The second-order valence-corrected chi connectivity index (χ2v) is 5.49. The Labute approximate surface area is 102 Å². The summed E-state index contributed by atoms with van der Waals surface area (Å²) in [5.74, 6) is 1.65. The van der Waals surface area contributed by atoms with Crippen LogP contribution in [0.1, 0.15) is 45.1 Å². The minimum atomic E-state index is -0.124. The number of nitrogens with zero attached hydrogens (tertiary/aromatic N) is 4. The third-order valence-electron chi connectivity index (χ3n) is 2.93. The van der Waals surface area contributed by atoms with E-state index in [1.54, 1.807) is 6.07 Å². The van der Waals surface area contributed by atoms with Crippen LogP contribution in [0.25, 0.3) is 0 Å². The van der Waals surface area contributed by atoms with E-state index in [2.05, 4.69) is 41.7 Å². The van der Waals surface area contributed by atoms with Crippen LogP contribution >= 0.6 is 0 Å². The molecule has 17 heavy (non-hydrogen) atoms. The van der Waals surface area contributed by atoms with Gasteiger partial charge in [-0.2, -0.15) is 5.26 Å². The maximum atomic E-state index is 9.04. The van der Waals surface area contributed by atoms with Crippen molar-refractivity contribution < 1.29 is 0 Å². The van der Waals surface area contributed by atoms with Crippen molar-refractivity contribution in [3.8, 4) is 6.07 Å². The zero-order valence-electron chi connectivity index (χ0n) is 10.7. The van der Waals surface area contributed by atoms with E-state index in [0.717, 1.165) is 24.7 Å². The van der Waals surface area contributed by atoms with Gasteiger partial charge >= 0.3 is 0 Å². The van der Waals surface area contributed by atoms with E-state index >= 15 is 0 Å². The molecule has 2 rings (SSSR count). The molecule has 4 heteroatoms. The minimum absolute atomic E-state index is 0.124. The molecule has 1 aromatic heterocycles. The molecule has 0 aliphatic carbocycles. The van der Waals surface area contributed by atoms with Crippen molar-refractivity contribution in [3.05, 3.63) is 17.6 Å². The minimum Gasteiger partial charge on any atom is -0.356 e. The molecule has 0 aromatic carbocycles. The van der Waals surface area contributed by atoms with Gasteiger partial charge in [-0.3, -0.25) is 0 Å². The smallest absolute Gasteiger partial charge is 0.146 e. The molecular weight excluding hydrogens is 212 g/mol. The summed E-state index contributed by atoms with van der Waals surface area (Å²) >= 11 is 0. The summed E-state index contributed by atoms with van der Waals surface area (Å²) in [5, 5.41) is 9.04. The van der Waals surface area contributed by atoms with Crippen LogP contribution in [-0.2, 0) is 5.41 Å². The molecule has 0 unspecified atom stereocenters. The lowest BCUT2D eigenvalue weighted by Crippen LogP contribution is -2.23. The van der Waals surface area contributed by atoms with Crippen molar-refractivity contribution in [2.45, 2.75) is 39.0 Å². The molecule has 1 aliphatic heterocycles. The van der Waals surface area contributed by atoms with Gasteiger partial charge in [0.25, 0.3) is 0 Å². The molecule has 0 amide bonds. The quantitative estimate of drug-likeness (QED) is 0.742. The zero-order valence-corrected chi connectivity index (χ0v) is 10.7. The molecular formula is C13H18N4. The average Bonchev–Trinajstić information content (AvgIpc) is 2.80. The molecule has 0 N–H and O–H groups in total. The maximum absolute atomic E-state index is 9.04. The molecule has 0 atom stereocenters. The molecule has 90 valence electrons. The first-order chi connectivity index (χ1) is 8.00. The highest BCUT2D eigenvalue weighted by Crippen LogP contribution is 2.24. The predicted molar refractivity (Wildman–Crippen MR) is 66.9 cm³/mol. The average molecular weight is 230 g/mol. The van der Waals surface area contributed by atoms with Crippen molar-refractivity contribution >= 4 is 5.82 Å². The number of anilines is 1. The predicted octanol–water partition coefficient (Wildman–Crippen LogP) is 2.25. The summed E-state index contributed by atoms with van der Waals surface area (Å²) in [7, 11) is 0. The highest BCUT2D eigenvalue weighted by Gasteiger charge is 2.22. The Bertz CT molecular complexity index is 447. The fourth-order valence-electron chi connectivity index (χ4n) is 1.94. The van der Waals surface area contributed by atoms with Gasteiger partial charge in [-0.1, -0.05) is 20.8 Å². The van der Waals surface area contributed by atoms with Crippen molar-refractivity contribution in [2.24, 2.45) is 0 Å². The summed E-state index contributed by atoms with van der Waals surface area (Å²) < 4.78 is 0. The SMILES string of the molecule is CC(C)(C)c1nc(C#N)cc(N2CCCC2)n1. The zero-order chi connectivity index (χ0) is 12.5. The van der Waals surface area contributed by atoms with Crippen LogP contribution in [-0.4, -0.2) is 23.1 Å². The van der Waals surface area contributed by atoms with Crippen LogP contribution in [0.2, 0.25) is 0 Å². The second-order valence-electron chi connectivity index (χ2n) is 5.49. The van der Waals surface area contributed by atoms with Crippen LogP contribution < -0.4 is 4.90 Å². The number of hydrogen-bond donors (Lipinski definition) is 0. The largest absolute Gasteiger partial charge is 0.356 e. The van der Waals surface area contributed by atoms with E-state index < -0.39 is 0 Å². The van der Waals surface area contributed by atoms with Gasteiger partial charge in [-0.25, -0.2) is 9.97 Å². The summed E-state index contributed by atoms with van der Waals surface area (Å²) in [5.41, 5.74) is 0.341. The number of nitriles is 1. The monoisotopic (exact) mass is 230 g/mol. The normalized spacial score (nSPS) is 16.0. The number of rotatable bonds is 1. The summed E-state index contributed by atoms with van der Waals surface area (Å²) in [6, 6.07) is 3.92. The Balaban J connectivity index is 2.42. The molecule has 0 saturated carbocycles. The molecule has 0 bridgehead atoms. The highest BCUT2D eigenvalue weighted by atomic mass is 15.2. The van der Waals surface area contributed by atoms with Gasteiger partial charge in [0.1, 0.15) is 23.4 Å². The summed E-state index contributed by atoms with van der Waals surface area (Å²) in [6.45, 7) is 8.27. The molecule has 1 fully saturated rings. The van der Waals surface area contributed by atoms with E-state index in [1.165, 1.54) is 12.8 Å². The Morgan fingerprint density at radius 3 is 2.41 bits per heavy atom. The van der Waals surface area contributed by atoms with Crippen LogP contribution in [0.3, 0.4) is 0 Å². The van der Waals surface area contributed by atoms with Crippen LogP contribution in [0.15, 0.2) is 6.07 Å². The molecule has 4 nitrogen and oxygen atoms in total. The topological polar surface area (TPSA) is 52.8 Å². The second kappa shape index (κ2) is 4.33. The Kier molecular flexibility index (Phi) is 3.01. The molecule has 1 aromatic rings. The molecule has 0 radical (unpaired) electrons. The third-order valence-corrected chi connectivity index (χ3v) is 2.93. The lowest BCUT2D eigenvalue weighted by Gasteiger charge is -2.21. The van der Waals surface area contributed by atoms with E-state index in [0.29, 0.717) is 5.69 Å². The molecule has 1 saturated heterocycles. The van der Waals surface area contributed by atoms with Gasteiger partial charge in [0.05, 0.1) is 0 Å². The first-order valence-electron chi connectivity index (χ1n) is 6.05. The molecule has 0 spiro atoms. The first kappa shape index (κ1) is 11.8. The maximum Gasteiger partial charge on any atom is 0.146 e. The first-order valence-corrected chi connectivity index (χ1v) is 6.05. The Hall–Kier alpha value is -1.63. The van der Waals surface area contributed by atoms with Crippen molar-refractivity contribution in [1.82, 2.24) is 9.97 Å². The summed E-state index contributed by atoms with van der Waals surface area (Å²) in [4.78, 5) is 11.1. The fraction of sp³-hybridized carbons (Fsp3) is 0.615. The Morgan fingerprint density at radius 2 is 1.88 bits per heavy atom. The summed E-state index contributed by atoms with van der Waals surface area (Å²) in [6.07, 6.45) is 2.41. The van der Waals surface area contributed by atoms with Crippen molar-refractivity contribution in [3.63, 3.8) is 0 Å². The van der Waals surface area contributed by atoms with Gasteiger partial charge < -0.3 is 4.90 Å². The molecule has 1 aliphatic rings. The molecule has 2 heterocycles. The van der Waals surface area contributed by atoms with Gasteiger partial charge in [0, 0.05) is 24.6 Å².